The highest BCUT2D eigenvalue weighted by atomic mass is 16.6. The molecule has 0 N–H and O–H groups in total. The number of hydrogen-bond donors (Lipinski definition) is 0. The topological polar surface area (TPSA) is 59.1 Å². The number of carbonyl (C=O) groups is 2. The molecular weight excluding hydrogens is 416 g/mol. The number of amides is 2. The Morgan fingerprint density at radius 2 is 1.76 bits per heavy atom. The van der Waals surface area contributed by atoms with E-state index in [1.54, 1.807) is 0 Å². The van der Waals surface area contributed by atoms with E-state index >= 15 is 0 Å². The maximum atomic E-state index is 13.7. The zero-order chi connectivity index (χ0) is 22.6. The van der Waals surface area contributed by atoms with Gasteiger partial charge < -0.3 is 19.3 Å². The molecule has 3 aliphatic rings. The van der Waals surface area contributed by atoms with E-state index in [0.717, 1.165) is 43.5 Å². The van der Waals surface area contributed by atoms with Crippen molar-refractivity contribution >= 4 is 23.6 Å². The fourth-order valence-electron chi connectivity index (χ4n) is 4.57. The SMILES string of the molecule is O=C(C1CC1)N1CCCC(C(=O)N(C/C=C\c2ccccc2)c2ccc3c(c2)OCCO3)C1. The number of piperidine rings is 1. The Kier molecular flexibility index (Phi) is 6.33. The number of hydrogen-bond acceptors (Lipinski definition) is 4. The van der Waals surface area contributed by atoms with Crippen molar-refractivity contribution in [1.82, 2.24) is 4.90 Å². The Balaban J connectivity index is 1.37. The summed E-state index contributed by atoms with van der Waals surface area (Å²) >= 11 is 0. The maximum absolute atomic E-state index is 13.7. The number of fused-ring (bicyclic) bond motifs is 1. The predicted molar refractivity (Wildman–Crippen MR) is 127 cm³/mol. The standard InChI is InChI=1S/C27H30N2O4/c30-26(21-10-11-21)28-14-5-9-22(19-28)27(31)29(15-4-8-20-6-2-1-3-7-20)23-12-13-24-25(18-23)33-17-16-32-24/h1-4,6-8,12-13,18,21-22H,5,9-11,14-17,19H2/b8-4-. The predicted octanol–water partition coefficient (Wildman–Crippen LogP) is 4.15. The Morgan fingerprint density at radius 3 is 2.55 bits per heavy atom. The zero-order valence-electron chi connectivity index (χ0n) is 18.8. The van der Waals surface area contributed by atoms with Crippen LogP contribution in [0, 0.1) is 11.8 Å². The van der Waals surface area contributed by atoms with E-state index in [1.165, 1.54) is 0 Å². The summed E-state index contributed by atoms with van der Waals surface area (Å²) in [6.45, 7) is 2.75. The molecule has 2 amide bonds. The van der Waals surface area contributed by atoms with Gasteiger partial charge in [0.15, 0.2) is 11.5 Å². The molecule has 0 radical (unpaired) electrons. The molecule has 1 aliphatic carbocycles. The second kappa shape index (κ2) is 9.69. The van der Waals surface area contributed by atoms with Crippen LogP contribution in [0.4, 0.5) is 5.69 Å². The molecule has 2 aromatic rings. The molecule has 1 unspecified atom stereocenters. The van der Waals surface area contributed by atoms with E-state index in [4.69, 9.17) is 9.47 Å². The van der Waals surface area contributed by atoms with Crippen LogP contribution in [0.1, 0.15) is 31.2 Å². The van der Waals surface area contributed by atoms with Gasteiger partial charge in [0.25, 0.3) is 0 Å². The highest BCUT2D eigenvalue weighted by Crippen LogP contribution is 2.36. The number of ether oxygens (including phenoxy) is 2. The van der Waals surface area contributed by atoms with Gasteiger partial charge >= 0.3 is 0 Å². The van der Waals surface area contributed by atoms with Crippen molar-refractivity contribution in [2.75, 3.05) is 37.7 Å². The van der Waals surface area contributed by atoms with Gasteiger partial charge in [0.05, 0.1) is 5.92 Å². The van der Waals surface area contributed by atoms with Crippen LogP contribution in [0.25, 0.3) is 6.08 Å². The average Bonchev–Trinajstić information content (AvgIpc) is 3.72. The molecule has 5 rings (SSSR count). The number of rotatable bonds is 6. The van der Waals surface area contributed by atoms with Crippen molar-refractivity contribution in [3.8, 4) is 11.5 Å². The van der Waals surface area contributed by atoms with Crippen LogP contribution in [-0.2, 0) is 9.59 Å². The number of benzene rings is 2. The van der Waals surface area contributed by atoms with E-state index in [1.807, 2.05) is 70.5 Å². The first-order valence-corrected chi connectivity index (χ1v) is 11.9. The third-order valence-corrected chi connectivity index (χ3v) is 6.51. The summed E-state index contributed by atoms with van der Waals surface area (Å²) in [6.07, 6.45) is 7.69. The van der Waals surface area contributed by atoms with Gasteiger partial charge in [-0.2, -0.15) is 0 Å². The van der Waals surface area contributed by atoms with Crippen molar-refractivity contribution in [3.05, 3.63) is 60.2 Å². The molecule has 2 aliphatic heterocycles. The molecule has 172 valence electrons. The first-order valence-electron chi connectivity index (χ1n) is 11.9. The van der Waals surface area contributed by atoms with Gasteiger partial charge in [0.1, 0.15) is 13.2 Å². The number of carbonyl (C=O) groups excluding carboxylic acids is 2. The monoisotopic (exact) mass is 446 g/mol. The summed E-state index contributed by atoms with van der Waals surface area (Å²) in [5.41, 5.74) is 1.87. The van der Waals surface area contributed by atoms with Gasteiger partial charge in [-0.15, -0.1) is 0 Å². The van der Waals surface area contributed by atoms with Gasteiger partial charge in [0, 0.05) is 37.3 Å². The Morgan fingerprint density at radius 1 is 0.970 bits per heavy atom. The number of nitrogens with zero attached hydrogens (tertiary/aromatic N) is 2. The van der Waals surface area contributed by atoms with Crippen LogP contribution in [0.5, 0.6) is 11.5 Å². The summed E-state index contributed by atoms with van der Waals surface area (Å²) in [7, 11) is 0. The van der Waals surface area contributed by atoms with Crippen molar-refractivity contribution in [2.24, 2.45) is 11.8 Å². The lowest BCUT2D eigenvalue weighted by Gasteiger charge is -2.35. The van der Waals surface area contributed by atoms with Crippen LogP contribution in [0.15, 0.2) is 54.6 Å². The minimum atomic E-state index is -0.195. The summed E-state index contributed by atoms with van der Waals surface area (Å²) < 4.78 is 11.4. The highest BCUT2D eigenvalue weighted by molar-refractivity contribution is 5.96. The van der Waals surface area contributed by atoms with Crippen molar-refractivity contribution < 1.29 is 19.1 Å². The lowest BCUT2D eigenvalue weighted by Crippen LogP contribution is -2.47. The average molecular weight is 447 g/mol. The summed E-state index contributed by atoms with van der Waals surface area (Å²) in [6, 6.07) is 15.7. The van der Waals surface area contributed by atoms with E-state index in [2.05, 4.69) is 0 Å². The third kappa shape index (κ3) is 5.05. The van der Waals surface area contributed by atoms with E-state index in [0.29, 0.717) is 37.8 Å². The minimum absolute atomic E-state index is 0.0534. The van der Waals surface area contributed by atoms with E-state index < -0.39 is 0 Å². The molecule has 0 aromatic heterocycles. The van der Waals surface area contributed by atoms with Crippen LogP contribution >= 0.6 is 0 Å². The van der Waals surface area contributed by atoms with Gasteiger partial charge in [-0.3, -0.25) is 9.59 Å². The first kappa shape index (κ1) is 21.6. The van der Waals surface area contributed by atoms with Crippen molar-refractivity contribution in [2.45, 2.75) is 25.7 Å². The van der Waals surface area contributed by atoms with E-state index in [9.17, 15) is 9.59 Å². The molecule has 0 spiro atoms. The van der Waals surface area contributed by atoms with Crippen LogP contribution in [-0.4, -0.2) is 49.6 Å². The fraction of sp³-hybridized carbons (Fsp3) is 0.407. The third-order valence-electron chi connectivity index (χ3n) is 6.51. The van der Waals surface area contributed by atoms with Gasteiger partial charge in [-0.05, 0) is 43.4 Å². The van der Waals surface area contributed by atoms with E-state index in [-0.39, 0.29) is 23.7 Å². The van der Waals surface area contributed by atoms with Gasteiger partial charge in [-0.25, -0.2) is 0 Å². The Bertz CT molecular complexity index is 1030. The molecule has 33 heavy (non-hydrogen) atoms. The molecule has 1 saturated carbocycles. The van der Waals surface area contributed by atoms with Gasteiger partial charge in [-0.1, -0.05) is 42.5 Å². The molecular formula is C27H30N2O4. The first-order chi connectivity index (χ1) is 16.2. The molecule has 2 aromatic carbocycles. The molecule has 0 bridgehead atoms. The fourth-order valence-corrected chi connectivity index (χ4v) is 4.57. The number of likely N-dealkylation sites (tertiary alicyclic amines) is 1. The summed E-state index contributed by atoms with van der Waals surface area (Å²) in [5, 5.41) is 0. The maximum Gasteiger partial charge on any atom is 0.232 e. The quantitative estimate of drug-likeness (QED) is 0.669. The molecule has 1 atom stereocenters. The second-order valence-electron chi connectivity index (χ2n) is 8.99. The van der Waals surface area contributed by atoms with Crippen LogP contribution in [0.2, 0.25) is 0 Å². The Hall–Kier alpha value is -3.28. The highest BCUT2D eigenvalue weighted by Gasteiger charge is 2.37. The van der Waals surface area contributed by atoms with Crippen molar-refractivity contribution in [3.63, 3.8) is 0 Å². The lowest BCUT2D eigenvalue weighted by molar-refractivity contribution is -0.136. The summed E-state index contributed by atoms with van der Waals surface area (Å²) in [5.74, 6) is 1.63. The second-order valence-corrected chi connectivity index (χ2v) is 8.99. The van der Waals surface area contributed by atoms with Crippen molar-refractivity contribution in [1.29, 1.82) is 0 Å². The Labute approximate surface area is 194 Å². The molecule has 1 saturated heterocycles. The molecule has 6 heteroatoms. The molecule has 6 nitrogen and oxygen atoms in total. The van der Waals surface area contributed by atoms with Crippen LogP contribution in [0.3, 0.4) is 0 Å². The molecule has 2 fully saturated rings. The largest absolute Gasteiger partial charge is 0.486 e. The van der Waals surface area contributed by atoms with Crippen LogP contribution < -0.4 is 14.4 Å². The normalized spacial score (nSPS) is 20.0. The lowest BCUT2D eigenvalue weighted by atomic mass is 9.95. The molecule has 2 heterocycles. The summed E-state index contributed by atoms with van der Waals surface area (Å²) in [4.78, 5) is 30.1. The zero-order valence-corrected chi connectivity index (χ0v) is 18.8. The minimum Gasteiger partial charge on any atom is -0.486 e. The van der Waals surface area contributed by atoms with Gasteiger partial charge in [0.2, 0.25) is 11.8 Å². The smallest absolute Gasteiger partial charge is 0.232 e. The number of anilines is 1.